The molecule has 8 nitrogen and oxygen atoms in total. The van der Waals surface area contributed by atoms with E-state index in [2.05, 4.69) is 5.32 Å². The summed E-state index contributed by atoms with van der Waals surface area (Å²) in [6.45, 7) is 7.90. The number of anilines is 1. The van der Waals surface area contributed by atoms with Gasteiger partial charge in [-0.05, 0) is 64.3 Å². The number of piperidine rings is 1. The maximum absolute atomic E-state index is 13.4. The zero-order valence-electron chi connectivity index (χ0n) is 19.6. The van der Waals surface area contributed by atoms with Crippen molar-refractivity contribution in [3.8, 4) is 5.75 Å². The molecule has 1 fully saturated rings. The average Bonchev–Trinajstić information content (AvgIpc) is 3.06. The molecule has 10 heteroatoms. The normalized spacial score (nSPS) is 16.9. The monoisotopic (exact) mass is 494 g/mol. The molecule has 0 spiro atoms. The lowest BCUT2D eigenvalue weighted by Crippen LogP contribution is -2.42. The van der Waals surface area contributed by atoms with Gasteiger partial charge in [-0.2, -0.15) is 4.31 Å². The van der Waals surface area contributed by atoms with Crippen LogP contribution in [0.25, 0.3) is 0 Å². The summed E-state index contributed by atoms with van der Waals surface area (Å²) in [7, 11) is -2.46. The van der Waals surface area contributed by atoms with E-state index in [1.54, 1.807) is 13.8 Å². The average molecular weight is 495 g/mol. The first kappa shape index (κ1) is 25.2. The van der Waals surface area contributed by atoms with Crippen molar-refractivity contribution in [2.75, 3.05) is 25.6 Å². The maximum Gasteiger partial charge on any atom is 0.341 e. The van der Waals surface area contributed by atoms with Crippen molar-refractivity contribution in [3.63, 3.8) is 0 Å². The Hall–Kier alpha value is -2.43. The number of benzene rings is 1. The summed E-state index contributed by atoms with van der Waals surface area (Å²) >= 11 is 1.27. The number of aryl methyl sites for hydroxylation is 1. The van der Waals surface area contributed by atoms with Crippen molar-refractivity contribution in [2.45, 2.75) is 57.9 Å². The quantitative estimate of drug-likeness (QED) is 0.574. The fourth-order valence-electron chi connectivity index (χ4n) is 3.91. The van der Waals surface area contributed by atoms with Gasteiger partial charge in [-0.3, -0.25) is 4.79 Å². The Kier molecular flexibility index (Phi) is 7.81. The van der Waals surface area contributed by atoms with Crippen LogP contribution in [-0.2, 0) is 14.8 Å². The molecule has 1 N–H and O–H groups in total. The number of carbonyl (C=O) groups is 2. The highest BCUT2D eigenvalue weighted by atomic mass is 32.2. The van der Waals surface area contributed by atoms with Crippen LogP contribution < -0.4 is 10.1 Å². The van der Waals surface area contributed by atoms with Crippen molar-refractivity contribution in [1.82, 2.24) is 4.31 Å². The van der Waals surface area contributed by atoms with Crippen LogP contribution in [0.5, 0.6) is 5.75 Å². The number of carbonyl (C=O) groups excluding carboxylic acids is 2. The fourth-order valence-corrected chi connectivity index (χ4v) is 6.84. The minimum Gasteiger partial charge on any atom is -0.495 e. The van der Waals surface area contributed by atoms with E-state index >= 15 is 0 Å². The number of hydrogen-bond donors (Lipinski definition) is 1. The van der Waals surface area contributed by atoms with Gasteiger partial charge in [0.05, 0.1) is 19.3 Å². The molecule has 0 radical (unpaired) electrons. The lowest BCUT2D eigenvalue weighted by molar-refractivity contribution is 0.0527. The Morgan fingerprint density at radius 3 is 2.61 bits per heavy atom. The molecule has 1 aromatic carbocycles. The minimum absolute atomic E-state index is 0.0458. The molecule has 1 aliphatic rings. The Morgan fingerprint density at radius 2 is 1.97 bits per heavy atom. The number of amides is 1. The van der Waals surface area contributed by atoms with E-state index in [9.17, 15) is 18.0 Å². The second-order valence-electron chi connectivity index (χ2n) is 7.99. The zero-order chi connectivity index (χ0) is 24.3. The number of rotatable bonds is 7. The Labute approximate surface area is 198 Å². The summed E-state index contributed by atoms with van der Waals surface area (Å²) in [5.74, 6) is -0.848. The molecule has 0 bridgehead atoms. The molecule has 2 aromatic rings. The van der Waals surface area contributed by atoms with Gasteiger partial charge in [0, 0.05) is 23.0 Å². The van der Waals surface area contributed by atoms with Crippen LogP contribution in [-0.4, -0.2) is 50.9 Å². The summed E-state index contributed by atoms with van der Waals surface area (Å²) in [6, 6.07) is 4.19. The zero-order valence-corrected chi connectivity index (χ0v) is 21.2. The molecule has 0 aliphatic carbocycles. The predicted octanol–water partition coefficient (Wildman–Crippen LogP) is 4.37. The first-order valence-electron chi connectivity index (χ1n) is 10.9. The number of sulfonamides is 1. The lowest BCUT2D eigenvalue weighted by atomic mass is 10.1. The van der Waals surface area contributed by atoms with Gasteiger partial charge in [0.2, 0.25) is 10.0 Å². The maximum atomic E-state index is 13.4. The molecule has 2 heterocycles. The van der Waals surface area contributed by atoms with Crippen LogP contribution in [0.15, 0.2) is 23.1 Å². The van der Waals surface area contributed by atoms with Gasteiger partial charge in [0.25, 0.3) is 5.91 Å². The van der Waals surface area contributed by atoms with Crippen molar-refractivity contribution >= 4 is 38.2 Å². The van der Waals surface area contributed by atoms with Crippen LogP contribution in [0.4, 0.5) is 5.00 Å². The topological polar surface area (TPSA) is 102 Å². The van der Waals surface area contributed by atoms with E-state index in [0.717, 1.165) is 29.7 Å². The van der Waals surface area contributed by atoms with Gasteiger partial charge in [-0.15, -0.1) is 11.3 Å². The van der Waals surface area contributed by atoms with Gasteiger partial charge in [0.15, 0.2) is 0 Å². The third-order valence-corrected chi connectivity index (χ3v) is 9.00. The molecular weight excluding hydrogens is 464 g/mol. The number of hydrogen-bond acceptors (Lipinski definition) is 7. The summed E-state index contributed by atoms with van der Waals surface area (Å²) < 4.78 is 38.8. The van der Waals surface area contributed by atoms with E-state index in [1.165, 1.54) is 41.0 Å². The highest BCUT2D eigenvalue weighted by molar-refractivity contribution is 7.89. The summed E-state index contributed by atoms with van der Waals surface area (Å²) in [6.07, 6.45) is 2.56. The van der Waals surface area contributed by atoms with Gasteiger partial charge in [-0.1, -0.05) is 6.42 Å². The van der Waals surface area contributed by atoms with E-state index in [1.807, 2.05) is 13.8 Å². The van der Waals surface area contributed by atoms with Crippen molar-refractivity contribution in [1.29, 1.82) is 0 Å². The van der Waals surface area contributed by atoms with Crippen LogP contribution in [0, 0.1) is 13.8 Å². The second kappa shape index (κ2) is 10.2. The smallest absolute Gasteiger partial charge is 0.341 e. The van der Waals surface area contributed by atoms with E-state index in [-0.39, 0.29) is 28.9 Å². The number of nitrogens with one attached hydrogen (secondary N) is 1. The highest BCUT2D eigenvalue weighted by Crippen LogP contribution is 2.35. The lowest BCUT2D eigenvalue weighted by Gasteiger charge is -2.32. The molecule has 1 unspecified atom stereocenters. The third kappa shape index (κ3) is 5.07. The number of esters is 1. The van der Waals surface area contributed by atoms with Gasteiger partial charge in [-0.25, -0.2) is 13.2 Å². The van der Waals surface area contributed by atoms with Gasteiger partial charge >= 0.3 is 5.97 Å². The molecule has 3 rings (SSSR count). The van der Waals surface area contributed by atoms with E-state index in [0.29, 0.717) is 17.1 Å². The minimum atomic E-state index is -3.86. The fraction of sp³-hybridized carbons (Fsp3) is 0.478. The Morgan fingerprint density at radius 1 is 1.24 bits per heavy atom. The van der Waals surface area contributed by atoms with Crippen LogP contribution >= 0.6 is 11.3 Å². The number of nitrogens with zero attached hydrogens (tertiary/aromatic N) is 1. The molecular formula is C23H30N2O6S2. The van der Waals surface area contributed by atoms with Crippen molar-refractivity contribution in [3.05, 3.63) is 39.8 Å². The van der Waals surface area contributed by atoms with E-state index < -0.39 is 21.9 Å². The second-order valence-corrected chi connectivity index (χ2v) is 11.1. The largest absolute Gasteiger partial charge is 0.495 e. The first-order chi connectivity index (χ1) is 15.6. The SMILES string of the molecule is CCOC(=O)c1c(NC(=O)c2ccc(OC)c(S(=O)(=O)N3CCCCC3C)c2)sc(C)c1C. The number of thiophene rings is 1. The van der Waals surface area contributed by atoms with Crippen molar-refractivity contribution in [2.24, 2.45) is 0 Å². The van der Waals surface area contributed by atoms with Gasteiger partial charge in [0.1, 0.15) is 15.6 Å². The third-order valence-electron chi connectivity index (χ3n) is 5.85. The molecule has 1 amide bonds. The van der Waals surface area contributed by atoms with Gasteiger partial charge < -0.3 is 14.8 Å². The molecule has 0 saturated carbocycles. The molecule has 33 heavy (non-hydrogen) atoms. The van der Waals surface area contributed by atoms with Crippen LogP contribution in [0.2, 0.25) is 0 Å². The molecule has 1 atom stereocenters. The van der Waals surface area contributed by atoms with Crippen LogP contribution in [0.1, 0.15) is 64.3 Å². The first-order valence-corrected chi connectivity index (χ1v) is 13.2. The summed E-state index contributed by atoms with van der Waals surface area (Å²) in [5.41, 5.74) is 1.21. The molecule has 1 aromatic heterocycles. The highest BCUT2D eigenvalue weighted by Gasteiger charge is 2.34. The molecule has 1 saturated heterocycles. The Bertz CT molecular complexity index is 1160. The molecule has 180 valence electrons. The number of ether oxygens (including phenoxy) is 2. The standard InChI is InChI=1S/C23H30N2O6S2/c1-6-31-23(27)20-15(3)16(4)32-22(20)24-21(26)17-10-11-18(30-5)19(13-17)33(28,29)25-12-8-7-9-14(25)2/h10-11,13-14H,6-9,12H2,1-5H3,(H,24,26). The summed E-state index contributed by atoms with van der Waals surface area (Å²) in [5, 5.41) is 3.14. The number of methoxy groups -OCH3 is 1. The predicted molar refractivity (Wildman–Crippen MR) is 128 cm³/mol. The van der Waals surface area contributed by atoms with Crippen LogP contribution in [0.3, 0.4) is 0 Å². The van der Waals surface area contributed by atoms with E-state index in [4.69, 9.17) is 9.47 Å². The molecule has 1 aliphatic heterocycles. The van der Waals surface area contributed by atoms with Crippen molar-refractivity contribution < 1.29 is 27.5 Å². The Balaban J connectivity index is 1.97. The summed E-state index contributed by atoms with van der Waals surface area (Å²) in [4.78, 5) is 26.3.